The molecule has 0 aliphatic heterocycles. The van der Waals surface area contributed by atoms with Crippen molar-refractivity contribution in [1.29, 1.82) is 0 Å². The van der Waals surface area contributed by atoms with E-state index < -0.39 is 12.2 Å². The molecule has 0 saturated heterocycles. The van der Waals surface area contributed by atoms with E-state index in [-0.39, 0.29) is 5.41 Å². The maximum absolute atomic E-state index is 9.33. The van der Waals surface area contributed by atoms with Crippen LogP contribution in [0.15, 0.2) is 12.7 Å². The Morgan fingerprint density at radius 2 is 1.70 bits per heavy atom. The normalized spacial score (nSPS) is 18.1. The van der Waals surface area contributed by atoms with Crippen LogP contribution in [-0.2, 0) is 0 Å². The van der Waals surface area contributed by atoms with E-state index in [1.165, 1.54) is 6.08 Å². The predicted molar refractivity (Wildman–Crippen MR) is 41.7 cm³/mol. The van der Waals surface area contributed by atoms with E-state index >= 15 is 0 Å². The molecule has 0 bridgehead atoms. The van der Waals surface area contributed by atoms with Crippen LogP contribution in [0.5, 0.6) is 0 Å². The Balaban J connectivity index is 4.07. The van der Waals surface area contributed by atoms with Crippen molar-refractivity contribution in [3.8, 4) is 0 Å². The van der Waals surface area contributed by atoms with E-state index in [0.717, 1.165) is 0 Å². The standard InChI is InChI=1S/C8H16O2/c1-5-6(9)7(10)8(2,3)4/h5-7,9-10H,1H2,2-4H3/t6-,7+/m0/s1. The summed E-state index contributed by atoms with van der Waals surface area (Å²) in [6, 6.07) is 0. The van der Waals surface area contributed by atoms with Crippen LogP contribution in [0.3, 0.4) is 0 Å². The molecule has 0 fully saturated rings. The molecule has 2 nitrogen and oxygen atoms in total. The first-order chi connectivity index (χ1) is 4.39. The highest BCUT2D eigenvalue weighted by atomic mass is 16.3. The molecule has 0 saturated carbocycles. The molecule has 0 amide bonds. The summed E-state index contributed by atoms with van der Waals surface area (Å²) in [5, 5.41) is 18.4. The maximum atomic E-state index is 9.33. The number of hydrogen-bond donors (Lipinski definition) is 2. The van der Waals surface area contributed by atoms with Crippen LogP contribution < -0.4 is 0 Å². The van der Waals surface area contributed by atoms with Crippen LogP contribution in [0.1, 0.15) is 20.8 Å². The molecule has 0 heterocycles. The first-order valence-electron chi connectivity index (χ1n) is 3.38. The molecule has 60 valence electrons. The minimum absolute atomic E-state index is 0.284. The highest BCUT2D eigenvalue weighted by Gasteiger charge is 2.26. The summed E-state index contributed by atoms with van der Waals surface area (Å²) in [6.07, 6.45) is -0.208. The van der Waals surface area contributed by atoms with Crippen LogP contribution in [-0.4, -0.2) is 22.4 Å². The van der Waals surface area contributed by atoms with Gasteiger partial charge in [0, 0.05) is 0 Å². The fourth-order valence-electron chi connectivity index (χ4n) is 0.641. The molecule has 0 rings (SSSR count). The van der Waals surface area contributed by atoms with Crippen LogP contribution in [0.25, 0.3) is 0 Å². The number of aliphatic hydroxyl groups is 2. The summed E-state index contributed by atoms with van der Waals surface area (Å²) in [7, 11) is 0. The monoisotopic (exact) mass is 144 g/mol. The molecule has 0 aliphatic carbocycles. The Kier molecular flexibility index (Phi) is 3.06. The fourth-order valence-corrected chi connectivity index (χ4v) is 0.641. The SMILES string of the molecule is C=C[C@H](O)[C@@H](O)C(C)(C)C. The van der Waals surface area contributed by atoms with Crippen molar-refractivity contribution in [2.75, 3.05) is 0 Å². The van der Waals surface area contributed by atoms with Gasteiger partial charge < -0.3 is 10.2 Å². The Hall–Kier alpha value is -0.340. The van der Waals surface area contributed by atoms with Crippen LogP contribution in [0.2, 0.25) is 0 Å². The zero-order valence-corrected chi connectivity index (χ0v) is 6.83. The highest BCUT2D eigenvalue weighted by Crippen LogP contribution is 2.21. The van der Waals surface area contributed by atoms with Gasteiger partial charge in [0.2, 0.25) is 0 Å². The molecule has 0 unspecified atom stereocenters. The van der Waals surface area contributed by atoms with E-state index in [4.69, 9.17) is 5.11 Å². The largest absolute Gasteiger partial charge is 0.390 e. The summed E-state index contributed by atoms with van der Waals surface area (Å²) in [5.74, 6) is 0. The lowest BCUT2D eigenvalue weighted by molar-refractivity contribution is -0.0216. The average Bonchev–Trinajstić information content (AvgIpc) is 1.83. The third-order valence-electron chi connectivity index (χ3n) is 1.45. The zero-order chi connectivity index (χ0) is 8.36. The van der Waals surface area contributed by atoms with Crippen molar-refractivity contribution < 1.29 is 10.2 Å². The Labute approximate surface area is 62.2 Å². The second-order valence-corrected chi connectivity index (χ2v) is 3.54. The topological polar surface area (TPSA) is 40.5 Å². The third-order valence-corrected chi connectivity index (χ3v) is 1.45. The van der Waals surface area contributed by atoms with Crippen molar-refractivity contribution >= 4 is 0 Å². The van der Waals surface area contributed by atoms with Crippen LogP contribution in [0.4, 0.5) is 0 Å². The lowest BCUT2D eigenvalue weighted by atomic mass is 9.86. The van der Waals surface area contributed by atoms with Gasteiger partial charge in [0.15, 0.2) is 0 Å². The third kappa shape index (κ3) is 2.50. The lowest BCUT2D eigenvalue weighted by Gasteiger charge is -2.28. The van der Waals surface area contributed by atoms with Gasteiger partial charge in [-0.05, 0) is 5.41 Å². The number of aliphatic hydroxyl groups excluding tert-OH is 2. The molecular weight excluding hydrogens is 128 g/mol. The molecule has 0 aromatic carbocycles. The Morgan fingerprint density at radius 1 is 1.30 bits per heavy atom. The Bertz CT molecular complexity index is 113. The first kappa shape index (κ1) is 9.66. The van der Waals surface area contributed by atoms with Gasteiger partial charge >= 0.3 is 0 Å². The molecular formula is C8H16O2. The molecule has 2 atom stereocenters. The highest BCUT2D eigenvalue weighted by molar-refractivity contribution is 4.89. The number of rotatable bonds is 2. The molecule has 10 heavy (non-hydrogen) atoms. The molecule has 0 aromatic rings. The number of hydrogen-bond acceptors (Lipinski definition) is 2. The molecule has 0 aliphatic rings. The second-order valence-electron chi connectivity index (χ2n) is 3.54. The van der Waals surface area contributed by atoms with Gasteiger partial charge in [-0.1, -0.05) is 26.8 Å². The maximum Gasteiger partial charge on any atom is 0.0982 e. The van der Waals surface area contributed by atoms with Crippen molar-refractivity contribution in [3.05, 3.63) is 12.7 Å². The summed E-state index contributed by atoms with van der Waals surface area (Å²) in [6.45, 7) is 8.98. The lowest BCUT2D eigenvalue weighted by Crippen LogP contribution is -2.36. The fraction of sp³-hybridized carbons (Fsp3) is 0.750. The van der Waals surface area contributed by atoms with Gasteiger partial charge in [-0.2, -0.15) is 0 Å². The molecule has 2 heteroatoms. The summed E-state index contributed by atoms with van der Waals surface area (Å²) in [5.41, 5.74) is -0.284. The minimum atomic E-state index is -0.819. The summed E-state index contributed by atoms with van der Waals surface area (Å²) in [4.78, 5) is 0. The van der Waals surface area contributed by atoms with Gasteiger partial charge in [-0.3, -0.25) is 0 Å². The first-order valence-corrected chi connectivity index (χ1v) is 3.38. The second kappa shape index (κ2) is 3.17. The van der Waals surface area contributed by atoms with Crippen molar-refractivity contribution in [2.24, 2.45) is 5.41 Å². The summed E-state index contributed by atoms with van der Waals surface area (Å²) >= 11 is 0. The van der Waals surface area contributed by atoms with Gasteiger partial charge in [0.1, 0.15) is 0 Å². The molecule has 0 spiro atoms. The van der Waals surface area contributed by atoms with E-state index in [2.05, 4.69) is 6.58 Å². The van der Waals surface area contributed by atoms with E-state index in [0.29, 0.717) is 0 Å². The average molecular weight is 144 g/mol. The van der Waals surface area contributed by atoms with Gasteiger partial charge in [-0.15, -0.1) is 6.58 Å². The molecule has 0 radical (unpaired) electrons. The molecule has 0 aromatic heterocycles. The smallest absolute Gasteiger partial charge is 0.0982 e. The van der Waals surface area contributed by atoms with Crippen molar-refractivity contribution in [2.45, 2.75) is 33.0 Å². The van der Waals surface area contributed by atoms with E-state index in [1.54, 1.807) is 0 Å². The van der Waals surface area contributed by atoms with E-state index in [9.17, 15) is 5.11 Å². The zero-order valence-electron chi connectivity index (χ0n) is 6.83. The van der Waals surface area contributed by atoms with Crippen molar-refractivity contribution in [3.63, 3.8) is 0 Å². The van der Waals surface area contributed by atoms with E-state index in [1.807, 2.05) is 20.8 Å². The van der Waals surface area contributed by atoms with Crippen LogP contribution in [0, 0.1) is 5.41 Å². The van der Waals surface area contributed by atoms with Gasteiger partial charge in [-0.25, -0.2) is 0 Å². The van der Waals surface area contributed by atoms with Crippen molar-refractivity contribution in [1.82, 2.24) is 0 Å². The van der Waals surface area contributed by atoms with Gasteiger partial charge in [0.05, 0.1) is 12.2 Å². The van der Waals surface area contributed by atoms with Gasteiger partial charge in [0.25, 0.3) is 0 Å². The predicted octanol–water partition coefficient (Wildman–Crippen LogP) is 0.940. The van der Waals surface area contributed by atoms with Crippen LogP contribution >= 0.6 is 0 Å². The quantitative estimate of drug-likeness (QED) is 0.566. The minimum Gasteiger partial charge on any atom is -0.390 e. The summed E-state index contributed by atoms with van der Waals surface area (Å²) < 4.78 is 0. The Morgan fingerprint density at radius 3 is 1.80 bits per heavy atom. The molecule has 2 N–H and O–H groups in total.